The van der Waals surface area contributed by atoms with Gasteiger partial charge < -0.3 is 16.0 Å². The van der Waals surface area contributed by atoms with Crippen molar-refractivity contribution in [2.24, 2.45) is 0 Å². The number of amides is 1. The Bertz CT molecular complexity index is 905. The van der Waals surface area contributed by atoms with E-state index in [2.05, 4.69) is 30.9 Å². The maximum Gasteiger partial charge on any atom is 0.251 e. The Morgan fingerprint density at radius 2 is 2.00 bits per heavy atom. The highest BCUT2D eigenvalue weighted by Crippen LogP contribution is 2.35. The number of carbonyl (C=O) groups excluding carboxylic acids is 1. The van der Waals surface area contributed by atoms with Gasteiger partial charge in [0.05, 0.1) is 5.39 Å². The highest BCUT2D eigenvalue weighted by molar-refractivity contribution is 7.18. The molecule has 0 spiro atoms. The second-order valence-electron chi connectivity index (χ2n) is 5.75. The van der Waals surface area contributed by atoms with E-state index in [-0.39, 0.29) is 30.7 Å². The Morgan fingerprint density at radius 1 is 1.19 bits per heavy atom. The fourth-order valence-corrected chi connectivity index (χ4v) is 4.11. The molecule has 1 aliphatic rings. The van der Waals surface area contributed by atoms with Crippen LogP contribution in [0.1, 0.15) is 20.8 Å². The van der Waals surface area contributed by atoms with Gasteiger partial charge in [-0.15, -0.1) is 36.2 Å². The van der Waals surface area contributed by atoms with Crippen LogP contribution in [0.15, 0.2) is 30.9 Å². The first-order valence-corrected chi connectivity index (χ1v) is 9.02. The van der Waals surface area contributed by atoms with Gasteiger partial charge in [0.15, 0.2) is 0 Å². The SMILES string of the molecule is Cl.Cl.O=C(NCCNc1ncnc2sc3c(c12)CCNC3)c1ccncc1. The highest BCUT2D eigenvalue weighted by Gasteiger charge is 2.19. The normalized spacial score (nSPS) is 12.4. The van der Waals surface area contributed by atoms with Gasteiger partial charge in [-0.05, 0) is 30.7 Å². The van der Waals surface area contributed by atoms with Crippen LogP contribution in [0.4, 0.5) is 5.82 Å². The summed E-state index contributed by atoms with van der Waals surface area (Å²) in [5, 5.41) is 10.8. The van der Waals surface area contributed by atoms with Gasteiger partial charge in [-0.25, -0.2) is 9.97 Å². The van der Waals surface area contributed by atoms with Gasteiger partial charge in [0.25, 0.3) is 5.91 Å². The molecule has 3 N–H and O–H groups in total. The number of pyridine rings is 1. The van der Waals surface area contributed by atoms with Crippen molar-refractivity contribution >= 4 is 58.1 Å². The third-order valence-corrected chi connectivity index (χ3v) is 5.29. The Balaban J connectivity index is 0.00000131. The number of halogens is 2. The van der Waals surface area contributed by atoms with E-state index < -0.39 is 0 Å². The van der Waals surface area contributed by atoms with Gasteiger partial charge >= 0.3 is 0 Å². The highest BCUT2D eigenvalue weighted by atomic mass is 35.5. The van der Waals surface area contributed by atoms with Crippen molar-refractivity contribution in [2.45, 2.75) is 13.0 Å². The second-order valence-corrected chi connectivity index (χ2v) is 6.84. The van der Waals surface area contributed by atoms with Crippen molar-refractivity contribution in [3.8, 4) is 0 Å². The van der Waals surface area contributed by atoms with Crippen molar-refractivity contribution in [2.75, 3.05) is 25.0 Å². The van der Waals surface area contributed by atoms with Crippen molar-refractivity contribution in [1.82, 2.24) is 25.6 Å². The molecule has 0 aliphatic carbocycles. The summed E-state index contributed by atoms with van der Waals surface area (Å²) in [7, 11) is 0. The van der Waals surface area contributed by atoms with Crippen molar-refractivity contribution in [1.29, 1.82) is 0 Å². The molecule has 0 saturated carbocycles. The smallest absolute Gasteiger partial charge is 0.251 e. The van der Waals surface area contributed by atoms with Crippen LogP contribution in [0.2, 0.25) is 0 Å². The molecule has 27 heavy (non-hydrogen) atoms. The van der Waals surface area contributed by atoms with Crippen LogP contribution in [0.25, 0.3) is 10.2 Å². The minimum absolute atomic E-state index is 0. The van der Waals surface area contributed by atoms with E-state index in [1.807, 2.05) is 0 Å². The maximum atomic E-state index is 12.0. The summed E-state index contributed by atoms with van der Waals surface area (Å²) in [5.41, 5.74) is 1.96. The van der Waals surface area contributed by atoms with Gasteiger partial charge in [-0.3, -0.25) is 9.78 Å². The number of nitrogens with one attached hydrogen (secondary N) is 3. The van der Waals surface area contributed by atoms with Gasteiger partial charge in [0.1, 0.15) is 17.0 Å². The Labute approximate surface area is 173 Å². The molecule has 0 fully saturated rings. The minimum Gasteiger partial charge on any atom is -0.368 e. The zero-order valence-electron chi connectivity index (χ0n) is 14.4. The van der Waals surface area contributed by atoms with Crippen molar-refractivity contribution in [3.63, 3.8) is 0 Å². The summed E-state index contributed by atoms with van der Waals surface area (Å²) in [6.45, 7) is 3.00. The minimum atomic E-state index is -0.101. The summed E-state index contributed by atoms with van der Waals surface area (Å²) in [4.78, 5) is 27.1. The summed E-state index contributed by atoms with van der Waals surface area (Å²) in [5.74, 6) is 0.749. The van der Waals surface area contributed by atoms with E-state index in [9.17, 15) is 4.79 Å². The van der Waals surface area contributed by atoms with Crippen LogP contribution in [0.3, 0.4) is 0 Å². The quantitative estimate of drug-likeness (QED) is 0.542. The Morgan fingerprint density at radius 3 is 2.81 bits per heavy atom. The molecule has 144 valence electrons. The molecule has 0 atom stereocenters. The van der Waals surface area contributed by atoms with E-state index in [0.29, 0.717) is 18.7 Å². The van der Waals surface area contributed by atoms with Crippen LogP contribution < -0.4 is 16.0 Å². The van der Waals surface area contributed by atoms with Gasteiger partial charge in [0.2, 0.25) is 0 Å². The number of hydrogen-bond acceptors (Lipinski definition) is 7. The number of nitrogens with zero attached hydrogens (tertiary/aromatic N) is 3. The average molecular weight is 427 g/mol. The monoisotopic (exact) mass is 426 g/mol. The van der Waals surface area contributed by atoms with E-state index in [1.54, 1.807) is 42.2 Å². The molecule has 7 nitrogen and oxygen atoms in total. The molecule has 0 aromatic carbocycles. The summed E-state index contributed by atoms with van der Waals surface area (Å²) < 4.78 is 0. The van der Waals surface area contributed by atoms with Crippen LogP contribution in [0.5, 0.6) is 0 Å². The fourth-order valence-electron chi connectivity index (χ4n) is 2.96. The number of anilines is 1. The molecular formula is C17H20Cl2N6OS. The summed E-state index contributed by atoms with van der Waals surface area (Å²) in [6.07, 6.45) is 5.81. The van der Waals surface area contributed by atoms with Crippen LogP contribution >= 0.6 is 36.2 Å². The lowest BCUT2D eigenvalue weighted by Crippen LogP contribution is -2.29. The average Bonchev–Trinajstić information content (AvgIpc) is 3.05. The molecule has 0 saturated heterocycles. The number of hydrogen-bond donors (Lipinski definition) is 3. The molecular weight excluding hydrogens is 407 g/mol. The van der Waals surface area contributed by atoms with E-state index >= 15 is 0 Å². The van der Waals surface area contributed by atoms with E-state index in [0.717, 1.165) is 35.5 Å². The first-order valence-electron chi connectivity index (χ1n) is 8.21. The Kier molecular flexibility index (Phi) is 7.73. The lowest BCUT2D eigenvalue weighted by Gasteiger charge is -2.14. The van der Waals surface area contributed by atoms with Gasteiger partial charge in [-0.2, -0.15) is 0 Å². The molecule has 4 rings (SSSR count). The predicted octanol–water partition coefficient (Wildman–Crippen LogP) is 2.42. The molecule has 10 heteroatoms. The number of carbonyl (C=O) groups is 1. The lowest BCUT2D eigenvalue weighted by atomic mass is 10.1. The largest absolute Gasteiger partial charge is 0.368 e. The molecule has 1 amide bonds. The number of aromatic nitrogens is 3. The fraction of sp³-hybridized carbons (Fsp3) is 0.294. The van der Waals surface area contributed by atoms with Gasteiger partial charge in [-0.1, -0.05) is 0 Å². The van der Waals surface area contributed by atoms with E-state index in [4.69, 9.17) is 0 Å². The molecule has 0 unspecified atom stereocenters. The molecule has 4 heterocycles. The first-order chi connectivity index (χ1) is 12.3. The number of rotatable bonds is 5. The van der Waals surface area contributed by atoms with Gasteiger partial charge in [0, 0.05) is 42.5 Å². The predicted molar refractivity (Wildman–Crippen MR) is 112 cm³/mol. The Hall–Kier alpha value is -2.00. The van der Waals surface area contributed by atoms with Crippen molar-refractivity contribution < 1.29 is 4.79 Å². The molecule has 3 aromatic rings. The topological polar surface area (TPSA) is 91.8 Å². The van der Waals surface area contributed by atoms with E-state index in [1.165, 1.54) is 10.4 Å². The zero-order chi connectivity index (χ0) is 17.1. The third kappa shape index (κ3) is 4.65. The lowest BCUT2D eigenvalue weighted by molar-refractivity contribution is 0.0955. The van der Waals surface area contributed by atoms with Crippen LogP contribution in [-0.4, -0.2) is 40.5 Å². The first kappa shape index (κ1) is 21.3. The molecule has 0 bridgehead atoms. The van der Waals surface area contributed by atoms with Crippen LogP contribution in [-0.2, 0) is 13.0 Å². The maximum absolute atomic E-state index is 12.0. The molecule has 3 aromatic heterocycles. The standard InChI is InChI=1S/C17H18N6OS.2ClH/c24-16(11-1-4-18-5-2-11)21-8-7-20-15-14-12-3-6-19-9-13(12)25-17(14)23-10-22-15;;/h1-2,4-5,10,19H,3,6-9H2,(H,21,24)(H,20,22,23);2*1H. The second kappa shape index (κ2) is 9.80. The van der Waals surface area contributed by atoms with Crippen LogP contribution in [0, 0.1) is 0 Å². The van der Waals surface area contributed by atoms with Crippen molar-refractivity contribution in [3.05, 3.63) is 46.9 Å². The number of fused-ring (bicyclic) bond motifs is 3. The summed E-state index contributed by atoms with van der Waals surface area (Å²) in [6, 6.07) is 3.39. The third-order valence-electron chi connectivity index (χ3n) is 4.15. The molecule has 0 radical (unpaired) electrons. The molecule has 1 aliphatic heterocycles. The summed E-state index contributed by atoms with van der Waals surface area (Å²) >= 11 is 1.73. The number of thiophene rings is 1. The zero-order valence-corrected chi connectivity index (χ0v) is 16.8.